The van der Waals surface area contributed by atoms with E-state index in [-0.39, 0.29) is 30.6 Å². The molecule has 1 aromatic carbocycles. The molecular formula is C20H28IN3O2. The van der Waals surface area contributed by atoms with Crippen molar-refractivity contribution in [2.75, 3.05) is 39.5 Å². The Hall–Kier alpha value is -1.46. The molecule has 0 aliphatic carbocycles. The summed E-state index contributed by atoms with van der Waals surface area (Å²) in [4.78, 5) is 7.21. The van der Waals surface area contributed by atoms with Gasteiger partial charge in [0.1, 0.15) is 12.4 Å². The second-order valence-electron chi connectivity index (χ2n) is 6.74. The van der Waals surface area contributed by atoms with Gasteiger partial charge in [-0.2, -0.15) is 0 Å². The molecule has 1 spiro atoms. The molecule has 1 unspecified atom stereocenters. The zero-order valence-electron chi connectivity index (χ0n) is 15.4. The van der Waals surface area contributed by atoms with Crippen LogP contribution in [0.1, 0.15) is 25.3 Å². The smallest absolute Gasteiger partial charge is 0.194 e. The lowest BCUT2D eigenvalue weighted by Gasteiger charge is -2.25. The van der Waals surface area contributed by atoms with Gasteiger partial charge >= 0.3 is 0 Å². The summed E-state index contributed by atoms with van der Waals surface area (Å²) in [5.41, 5.74) is 1.37. The highest BCUT2D eigenvalue weighted by atomic mass is 127. The SMILES string of the molecule is C#CCOc1ccccc1CN=C(NCC)N1CCC2(CCOC2)C1.I. The highest BCUT2D eigenvalue weighted by Gasteiger charge is 2.42. The summed E-state index contributed by atoms with van der Waals surface area (Å²) in [5, 5.41) is 3.43. The van der Waals surface area contributed by atoms with Crippen molar-refractivity contribution in [3.63, 3.8) is 0 Å². The molecule has 2 aliphatic rings. The fourth-order valence-electron chi connectivity index (χ4n) is 3.57. The van der Waals surface area contributed by atoms with Crippen LogP contribution in [0.25, 0.3) is 0 Å². The Morgan fingerprint density at radius 1 is 1.42 bits per heavy atom. The van der Waals surface area contributed by atoms with E-state index in [1.54, 1.807) is 0 Å². The number of rotatable bonds is 5. The Labute approximate surface area is 173 Å². The van der Waals surface area contributed by atoms with Crippen molar-refractivity contribution in [2.24, 2.45) is 10.4 Å². The Morgan fingerprint density at radius 3 is 3.00 bits per heavy atom. The first-order valence-corrected chi connectivity index (χ1v) is 9.01. The Bertz CT molecular complexity index is 651. The number of hydrogen-bond acceptors (Lipinski definition) is 3. The van der Waals surface area contributed by atoms with Gasteiger partial charge in [0.05, 0.1) is 13.2 Å². The largest absolute Gasteiger partial charge is 0.481 e. The minimum absolute atomic E-state index is 0. The van der Waals surface area contributed by atoms with Gasteiger partial charge in [0, 0.05) is 37.2 Å². The molecule has 2 fully saturated rings. The van der Waals surface area contributed by atoms with Gasteiger partial charge in [0.25, 0.3) is 0 Å². The molecule has 0 radical (unpaired) electrons. The zero-order chi connectivity index (χ0) is 17.5. The third kappa shape index (κ3) is 5.04. The number of nitrogens with zero attached hydrogens (tertiary/aromatic N) is 2. The predicted molar refractivity (Wildman–Crippen MR) is 115 cm³/mol. The number of likely N-dealkylation sites (tertiary alicyclic amines) is 1. The molecule has 0 saturated carbocycles. The van der Waals surface area contributed by atoms with E-state index in [0.29, 0.717) is 12.0 Å². The van der Waals surface area contributed by atoms with Crippen LogP contribution in [-0.2, 0) is 11.3 Å². The minimum atomic E-state index is 0. The molecule has 0 bridgehead atoms. The molecule has 2 saturated heterocycles. The van der Waals surface area contributed by atoms with Crippen LogP contribution in [0.15, 0.2) is 29.3 Å². The van der Waals surface area contributed by atoms with E-state index in [1.807, 2.05) is 24.3 Å². The molecule has 1 N–H and O–H groups in total. The number of guanidine groups is 1. The molecule has 3 rings (SSSR count). The second-order valence-corrected chi connectivity index (χ2v) is 6.74. The number of para-hydroxylation sites is 1. The van der Waals surface area contributed by atoms with E-state index in [0.717, 1.165) is 56.5 Å². The zero-order valence-corrected chi connectivity index (χ0v) is 17.7. The number of halogens is 1. The van der Waals surface area contributed by atoms with Gasteiger partial charge in [-0.25, -0.2) is 4.99 Å². The summed E-state index contributed by atoms with van der Waals surface area (Å²) in [6, 6.07) is 7.93. The van der Waals surface area contributed by atoms with Gasteiger partial charge in [-0.1, -0.05) is 24.1 Å². The van der Waals surface area contributed by atoms with E-state index in [2.05, 4.69) is 23.1 Å². The second kappa shape index (κ2) is 10.0. The fourth-order valence-corrected chi connectivity index (χ4v) is 3.57. The molecule has 1 atom stereocenters. The van der Waals surface area contributed by atoms with Crippen LogP contribution in [0.3, 0.4) is 0 Å². The summed E-state index contributed by atoms with van der Waals surface area (Å²) in [5.74, 6) is 4.29. The van der Waals surface area contributed by atoms with Crippen molar-refractivity contribution in [3.8, 4) is 18.1 Å². The van der Waals surface area contributed by atoms with Crippen LogP contribution in [0, 0.1) is 17.8 Å². The molecule has 142 valence electrons. The first-order chi connectivity index (χ1) is 12.3. The third-order valence-electron chi connectivity index (χ3n) is 4.94. The molecule has 1 aromatic rings. The van der Waals surface area contributed by atoms with Crippen molar-refractivity contribution in [3.05, 3.63) is 29.8 Å². The highest BCUT2D eigenvalue weighted by molar-refractivity contribution is 14.0. The number of terminal acetylenes is 1. The Balaban J connectivity index is 0.00000243. The van der Waals surface area contributed by atoms with E-state index in [9.17, 15) is 0 Å². The summed E-state index contributed by atoms with van der Waals surface area (Å²) >= 11 is 0. The number of benzene rings is 1. The monoisotopic (exact) mass is 469 g/mol. The number of nitrogens with one attached hydrogen (secondary N) is 1. The Kier molecular flexibility index (Phi) is 8.04. The van der Waals surface area contributed by atoms with Gasteiger partial charge in [-0.3, -0.25) is 0 Å². The molecule has 0 amide bonds. The Morgan fingerprint density at radius 2 is 2.27 bits per heavy atom. The van der Waals surface area contributed by atoms with Gasteiger partial charge < -0.3 is 19.7 Å². The maximum atomic E-state index is 5.63. The third-order valence-corrected chi connectivity index (χ3v) is 4.94. The van der Waals surface area contributed by atoms with Gasteiger partial charge in [0.15, 0.2) is 5.96 Å². The van der Waals surface area contributed by atoms with E-state index in [4.69, 9.17) is 20.9 Å². The van der Waals surface area contributed by atoms with Crippen LogP contribution in [0.5, 0.6) is 5.75 Å². The highest BCUT2D eigenvalue weighted by Crippen LogP contribution is 2.38. The summed E-state index contributed by atoms with van der Waals surface area (Å²) in [6.07, 6.45) is 7.64. The average molecular weight is 469 g/mol. The lowest BCUT2D eigenvalue weighted by Crippen LogP contribution is -2.41. The van der Waals surface area contributed by atoms with Crippen LogP contribution >= 0.6 is 24.0 Å². The first-order valence-electron chi connectivity index (χ1n) is 9.01. The summed E-state index contributed by atoms with van der Waals surface area (Å²) < 4.78 is 11.3. The fraction of sp³-hybridized carbons (Fsp3) is 0.550. The molecular weight excluding hydrogens is 441 g/mol. The van der Waals surface area contributed by atoms with E-state index < -0.39 is 0 Å². The first kappa shape index (κ1) is 20.8. The maximum Gasteiger partial charge on any atom is 0.194 e. The minimum Gasteiger partial charge on any atom is -0.481 e. The van der Waals surface area contributed by atoms with E-state index >= 15 is 0 Å². The van der Waals surface area contributed by atoms with Crippen molar-refractivity contribution < 1.29 is 9.47 Å². The van der Waals surface area contributed by atoms with Gasteiger partial charge in [-0.05, 0) is 25.8 Å². The molecule has 2 aliphatic heterocycles. The standard InChI is InChI=1S/C20H27N3O2.HI/c1-3-12-25-18-8-6-5-7-17(18)14-22-19(21-4-2)23-11-9-20(15-23)10-13-24-16-20;/h1,5-8H,4,9-16H2,2H3,(H,21,22);1H. The average Bonchev–Trinajstić information content (AvgIpc) is 3.27. The number of ether oxygens (including phenoxy) is 2. The molecule has 6 heteroatoms. The molecule has 0 aromatic heterocycles. The van der Waals surface area contributed by atoms with Crippen molar-refractivity contribution in [1.29, 1.82) is 0 Å². The lowest BCUT2D eigenvalue weighted by atomic mass is 9.87. The van der Waals surface area contributed by atoms with Crippen LogP contribution in [0.4, 0.5) is 0 Å². The quantitative estimate of drug-likeness (QED) is 0.312. The molecule has 26 heavy (non-hydrogen) atoms. The number of hydrogen-bond donors (Lipinski definition) is 1. The normalized spacial score (nSPS) is 22.2. The van der Waals surface area contributed by atoms with Crippen LogP contribution < -0.4 is 10.1 Å². The molecule has 2 heterocycles. The predicted octanol–water partition coefficient (Wildman–Crippen LogP) is 2.89. The number of aliphatic imine (C=N–C) groups is 1. The topological polar surface area (TPSA) is 46.1 Å². The molecule has 5 nitrogen and oxygen atoms in total. The lowest BCUT2D eigenvalue weighted by molar-refractivity contribution is 0.156. The van der Waals surface area contributed by atoms with Crippen molar-refractivity contribution in [2.45, 2.75) is 26.3 Å². The van der Waals surface area contributed by atoms with Crippen molar-refractivity contribution >= 4 is 29.9 Å². The van der Waals surface area contributed by atoms with Gasteiger partial charge in [-0.15, -0.1) is 30.4 Å². The van der Waals surface area contributed by atoms with Gasteiger partial charge in [0.2, 0.25) is 0 Å². The maximum absolute atomic E-state index is 5.63. The van der Waals surface area contributed by atoms with Crippen LogP contribution in [0.2, 0.25) is 0 Å². The van der Waals surface area contributed by atoms with Crippen LogP contribution in [-0.4, -0.2) is 50.3 Å². The summed E-state index contributed by atoms with van der Waals surface area (Å²) in [6.45, 7) is 7.63. The van der Waals surface area contributed by atoms with Crippen molar-refractivity contribution in [1.82, 2.24) is 10.2 Å². The van der Waals surface area contributed by atoms with E-state index in [1.165, 1.54) is 6.42 Å². The summed E-state index contributed by atoms with van der Waals surface area (Å²) in [7, 11) is 0.